The van der Waals surface area contributed by atoms with E-state index in [-0.39, 0.29) is 13.2 Å². The van der Waals surface area contributed by atoms with Crippen molar-refractivity contribution in [1.82, 2.24) is 0 Å². The van der Waals surface area contributed by atoms with Crippen LogP contribution in [-0.4, -0.2) is 29.4 Å². The van der Waals surface area contributed by atoms with Gasteiger partial charge in [-0.15, -0.1) is 0 Å². The molecule has 0 saturated heterocycles. The number of anilines is 1. The quantitative estimate of drug-likeness (QED) is 0.823. The molecule has 1 aromatic carbocycles. The zero-order valence-corrected chi connectivity index (χ0v) is 11.1. The number of nitrogens with zero attached hydrogens (tertiary/aromatic N) is 1. The van der Waals surface area contributed by atoms with Gasteiger partial charge in [0.2, 0.25) is 0 Å². The Morgan fingerprint density at radius 2 is 2.00 bits per heavy atom. The first kappa shape index (κ1) is 14.3. The summed E-state index contributed by atoms with van der Waals surface area (Å²) in [5.74, 6) is 0. The van der Waals surface area contributed by atoms with Crippen molar-refractivity contribution >= 4 is 17.3 Å². The minimum absolute atomic E-state index is 0.00511. The summed E-state index contributed by atoms with van der Waals surface area (Å²) in [4.78, 5) is 2.15. The van der Waals surface area contributed by atoms with Crippen molar-refractivity contribution in [2.75, 3.05) is 18.1 Å². The Morgan fingerprint density at radius 1 is 1.29 bits per heavy atom. The van der Waals surface area contributed by atoms with E-state index in [9.17, 15) is 5.11 Å². The average Bonchev–Trinajstić information content (AvgIpc) is 2.29. The van der Waals surface area contributed by atoms with Crippen LogP contribution in [0.3, 0.4) is 0 Å². The first-order valence-corrected chi connectivity index (χ1v) is 6.24. The van der Waals surface area contributed by atoms with Crippen LogP contribution in [0.1, 0.15) is 25.8 Å². The van der Waals surface area contributed by atoms with Gasteiger partial charge in [0, 0.05) is 35.5 Å². The van der Waals surface area contributed by atoms with Gasteiger partial charge in [-0.1, -0.05) is 17.7 Å². The molecular weight excluding hydrogens is 238 g/mol. The molecule has 0 aliphatic heterocycles. The first-order valence-electron chi connectivity index (χ1n) is 5.87. The Hall–Kier alpha value is -0.770. The van der Waals surface area contributed by atoms with Crippen LogP contribution in [-0.2, 0) is 6.61 Å². The Bertz CT molecular complexity index is 355. The van der Waals surface area contributed by atoms with Crippen molar-refractivity contribution in [2.45, 2.75) is 32.9 Å². The molecule has 0 bridgehead atoms. The van der Waals surface area contributed by atoms with Gasteiger partial charge in [-0.2, -0.15) is 0 Å². The highest BCUT2D eigenvalue weighted by Crippen LogP contribution is 2.26. The summed E-state index contributed by atoms with van der Waals surface area (Å²) in [6, 6.07) is 5.78. The van der Waals surface area contributed by atoms with Gasteiger partial charge in [0.15, 0.2) is 0 Å². The highest BCUT2D eigenvalue weighted by molar-refractivity contribution is 6.30. The minimum Gasteiger partial charge on any atom is -0.396 e. The van der Waals surface area contributed by atoms with E-state index in [1.165, 1.54) is 0 Å². The molecule has 0 unspecified atom stereocenters. The first-order chi connectivity index (χ1) is 8.10. The molecule has 4 heteroatoms. The summed E-state index contributed by atoms with van der Waals surface area (Å²) in [5.41, 5.74) is 1.81. The topological polar surface area (TPSA) is 43.7 Å². The van der Waals surface area contributed by atoms with Gasteiger partial charge in [-0.05, 0) is 32.4 Å². The zero-order chi connectivity index (χ0) is 12.8. The second kappa shape index (κ2) is 6.84. The van der Waals surface area contributed by atoms with Crippen molar-refractivity contribution in [3.05, 3.63) is 28.8 Å². The summed E-state index contributed by atoms with van der Waals surface area (Å²) in [6.07, 6.45) is 0.704. The molecule has 0 radical (unpaired) electrons. The molecule has 0 aromatic heterocycles. The maximum absolute atomic E-state index is 9.35. The summed E-state index contributed by atoms with van der Waals surface area (Å²) < 4.78 is 0. The van der Waals surface area contributed by atoms with E-state index < -0.39 is 0 Å². The number of aliphatic hydroxyl groups is 2. The predicted molar refractivity (Wildman–Crippen MR) is 71.6 cm³/mol. The fourth-order valence-corrected chi connectivity index (χ4v) is 2.00. The van der Waals surface area contributed by atoms with E-state index in [0.717, 1.165) is 17.8 Å². The van der Waals surface area contributed by atoms with Gasteiger partial charge in [0.25, 0.3) is 0 Å². The molecule has 0 heterocycles. The van der Waals surface area contributed by atoms with E-state index in [4.69, 9.17) is 16.7 Å². The summed E-state index contributed by atoms with van der Waals surface area (Å²) in [7, 11) is 0. The lowest BCUT2D eigenvalue weighted by Crippen LogP contribution is -2.33. The number of hydrogen-bond donors (Lipinski definition) is 2. The van der Waals surface area contributed by atoms with Crippen molar-refractivity contribution in [1.29, 1.82) is 0 Å². The average molecular weight is 258 g/mol. The predicted octanol–water partition coefficient (Wildman–Crippen LogP) is 2.43. The van der Waals surface area contributed by atoms with Crippen LogP contribution in [0.4, 0.5) is 5.69 Å². The normalized spacial score (nSPS) is 10.9. The third-order valence-corrected chi connectivity index (χ3v) is 2.94. The standard InChI is InChI=1S/C13H20ClNO2/c1-10(2)15(6-3-7-16)13-8-12(14)5-4-11(13)9-17/h4-5,8,10,16-17H,3,6-7,9H2,1-2H3. The van der Waals surface area contributed by atoms with E-state index in [1.807, 2.05) is 12.1 Å². The van der Waals surface area contributed by atoms with Gasteiger partial charge >= 0.3 is 0 Å². The third-order valence-electron chi connectivity index (χ3n) is 2.71. The van der Waals surface area contributed by atoms with Crippen molar-refractivity contribution in [2.24, 2.45) is 0 Å². The number of rotatable bonds is 6. The summed E-state index contributed by atoms with van der Waals surface area (Å²) >= 11 is 6.00. The van der Waals surface area contributed by atoms with Crippen molar-refractivity contribution in [3.63, 3.8) is 0 Å². The molecule has 17 heavy (non-hydrogen) atoms. The maximum Gasteiger partial charge on any atom is 0.0702 e. The van der Waals surface area contributed by atoms with E-state index >= 15 is 0 Å². The van der Waals surface area contributed by atoms with Crippen LogP contribution < -0.4 is 4.90 Å². The molecule has 0 amide bonds. The lowest BCUT2D eigenvalue weighted by molar-refractivity contribution is 0.280. The molecule has 96 valence electrons. The minimum atomic E-state index is -0.00511. The van der Waals surface area contributed by atoms with Crippen molar-refractivity contribution < 1.29 is 10.2 Å². The lowest BCUT2D eigenvalue weighted by atomic mass is 10.1. The van der Waals surface area contributed by atoms with Gasteiger partial charge < -0.3 is 15.1 Å². The molecule has 1 rings (SSSR count). The highest BCUT2D eigenvalue weighted by atomic mass is 35.5. The Kier molecular flexibility index (Phi) is 5.75. The van der Waals surface area contributed by atoms with Gasteiger partial charge in [0.1, 0.15) is 0 Å². The van der Waals surface area contributed by atoms with E-state index in [0.29, 0.717) is 17.5 Å². The van der Waals surface area contributed by atoms with Crippen molar-refractivity contribution in [3.8, 4) is 0 Å². The zero-order valence-electron chi connectivity index (χ0n) is 10.4. The van der Waals surface area contributed by atoms with Crippen LogP contribution in [0.25, 0.3) is 0 Å². The number of benzene rings is 1. The largest absolute Gasteiger partial charge is 0.396 e. The maximum atomic E-state index is 9.35. The molecule has 0 aliphatic rings. The molecule has 0 saturated carbocycles. The number of aliphatic hydroxyl groups excluding tert-OH is 2. The molecule has 0 fully saturated rings. The van der Waals surface area contributed by atoms with Gasteiger partial charge in [0.05, 0.1) is 6.61 Å². The van der Waals surface area contributed by atoms with Crippen LogP contribution in [0.5, 0.6) is 0 Å². The van der Waals surface area contributed by atoms with Crippen LogP contribution in [0.2, 0.25) is 5.02 Å². The fourth-order valence-electron chi connectivity index (χ4n) is 1.84. The molecule has 0 aliphatic carbocycles. The number of hydrogen-bond acceptors (Lipinski definition) is 3. The molecule has 2 N–H and O–H groups in total. The fraction of sp³-hybridized carbons (Fsp3) is 0.538. The van der Waals surface area contributed by atoms with Crippen LogP contribution in [0.15, 0.2) is 18.2 Å². The van der Waals surface area contributed by atoms with E-state index in [1.54, 1.807) is 6.07 Å². The smallest absolute Gasteiger partial charge is 0.0702 e. The van der Waals surface area contributed by atoms with Gasteiger partial charge in [-0.25, -0.2) is 0 Å². The summed E-state index contributed by atoms with van der Waals surface area (Å²) in [6.45, 7) is 5.08. The lowest BCUT2D eigenvalue weighted by Gasteiger charge is -2.30. The Balaban J connectivity index is 3.02. The molecule has 3 nitrogen and oxygen atoms in total. The van der Waals surface area contributed by atoms with E-state index in [2.05, 4.69) is 18.7 Å². The highest BCUT2D eigenvalue weighted by Gasteiger charge is 2.14. The molecule has 1 aromatic rings. The SMILES string of the molecule is CC(C)N(CCCO)c1cc(Cl)ccc1CO. The molecule has 0 spiro atoms. The second-order valence-electron chi connectivity index (χ2n) is 4.30. The Labute approximate surface area is 108 Å². The number of halogens is 1. The molecule has 0 atom stereocenters. The Morgan fingerprint density at radius 3 is 2.53 bits per heavy atom. The van der Waals surface area contributed by atoms with Gasteiger partial charge in [-0.3, -0.25) is 0 Å². The third kappa shape index (κ3) is 3.87. The van der Waals surface area contributed by atoms with Crippen LogP contribution in [0, 0.1) is 0 Å². The summed E-state index contributed by atoms with van der Waals surface area (Å²) in [5, 5.41) is 18.9. The van der Waals surface area contributed by atoms with Crippen LogP contribution >= 0.6 is 11.6 Å². The monoisotopic (exact) mass is 257 g/mol. The second-order valence-corrected chi connectivity index (χ2v) is 4.73. The molecular formula is C13H20ClNO2.